The number of pyridine rings is 1. The first-order valence-electron chi connectivity index (χ1n) is 7.81. The van der Waals surface area contributed by atoms with Gasteiger partial charge in [0.15, 0.2) is 0 Å². The van der Waals surface area contributed by atoms with E-state index in [1.54, 1.807) is 0 Å². The summed E-state index contributed by atoms with van der Waals surface area (Å²) in [5, 5.41) is 2.14. The highest BCUT2D eigenvalue weighted by Gasteiger charge is 2.33. The molecule has 1 amide bonds. The van der Waals surface area contributed by atoms with Crippen LogP contribution in [0.15, 0.2) is 35.8 Å². The number of carbonyl (C=O) groups is 1. The molecule has 1 fully saturated rings. The molecule has 0 aromatic carbocycles. The zero-order valence-electron chi connectivity index (χ0n) is 12.4. The molecule has 0 N–H and O–H groups in total. The Balaban J connectivity index is 1.42. The van der Waals surface area contributed by atoms with Crippen molar-refractivity contribution in [3.8, 4) is 0 Å². The van der Waals surface area contributed by atoms with Crippen LogP contribution in [0.3, 0.4) is 0 Å². The zero-order valence-corrected chi connectivity index (χ0v) is 13.3. The van der Waals surface area contributed by atoms with Crippen molar-refractivity contribution in [3.05, 3.63) is 46.3 Å². The molecule has 2 aromatic rings. The van der Waals surface area contributed by atoms with E-state index in [0.717, 1.165) is 44.8 Å². The van der Waals surface area contributed by atoms with Gasteiger partial charge in [-0.3, -0.25) is 4.79 Å². The number of thiophene rings is 1. The monoisotopic (exact) mass is 313 g/mol. The summed E-state index contributed by atoms with van der Waals surface area (Å²) in [6, 6.07) is 8.11. The maximum atomic E-state index is 12.8. The number of nitrogens with zero attached hydrogens (tertiary/aromatic N) is 3. The molecule has 1 unspecified atom stereocenters. The minimum atomic E-state index is 0.113. The van der Waals surface area contributed by atoms with Crippen LogP contribution in [0.4, 0.5) is 5.82 Å². The topological polar surface area (TPSA) is 36.4 Å². The van der Waals surface area contributed by atoms with Crippen LogP contribution in [0.5, 0.6) is 0 Å². The lowest BCUT2D eigenvalue weighted by atomic mass is 10.0. The fourth-order valence-electron chi connectivity index (χ4n) is 3.41. The summed E-state index contributed by atoms with van der Waals surface area (Å²) < 4.78 is 0. The van der Waals surface area contributed by atoms with Crippen molar-refractivity contribution < 1.29 is 4.79 Å². The molecule has 0 saturated carbocycles. The van der Waals surface area contributed by atoms with Crippen molar-refractivity contribution in [1.29, 1.82) is 0 Å². The number of hydrogen-bond donors (Lipinski definition) is 0. The molecule has 0 bridgehead atoms. The van der Waals surface area contributed by atoms with Gasteiger partial charge in [0.25, 0.3) is 0 Å². The van der Waals surface area contributed by atoms with Gasteiger partial charge in [-0.2, -0.15) is 0 Å². The molecule has 0 radical (unpaired) electrons. The Morgan fingerprint density at radius 2 is 2.23 bits per heavy atom. The Labute approximate surface area is 134 Å². The van der Waals surface area contributed by atoms with E-state index in [9.17, 15) is 4.79 Å². The molecule has 5 heteroatoms. The summed E-state index contributed by atoms with van der Waals surface area (Å²) in [4.78, 5) is 22.9. The maximum Gasteiger partial charge on any atom is 0.227 e. The number of anilines is 1. The third-order valence-corrected chi connectivity index (χ3v) is 5.65. The largest absolute Gasteiger partial charge is 0.356 e. The summed E-state index contributed by atoms with van der Waals surface area (Å²) in [5.74, 6) is 1.41. The summed E-state index contributed by atoms with van der Waals surface area (Å²) >= 11 is 1.81. The number of carbonyl (C=O) groups excluding carboxylic acids is 1. The van der Waals surface area contributed by atoms with Crippen molar-refractivity contribution >= 4 is 23.1 Å². The highest BCUT2D eigenvalue weighted by atomic mass is 32.1. The molecule has 22 heavy (non-hydrogen) atoms. The molecule has 1 atom stereocenters. The van der Waals surface area contributed by atoms with Gasteiger partial charge in [0, 0.05) is 37.3 Å². The van der Waals surface area contributed by atoms with Crippen LogP contribution in [0.2, 0.25) is 0 Å². The molecular weight excluding hydrogens is 294 g/mol. The molecular formula is C17H19N3OS. The average Bonchev–Trinajstić information content (AvgIpc) is 3.23. The molecule has 1 saturated heterocycles. The first kappa shape index (κ1) is 13.8. The lowest BCUT2D eigenvalue weighted by Gasteiger charge is -2.29. The van der Waals surface area contributed by atoms with Gasteiger partial charge < -0.3 is 9.80 Å². The van der Waals surface area contributed by atoms with Crippen LogP contribution < -0.4 is 4.90 Å². The standard InChI is InChI=1S/C17H19N3OS/c21-17(20-9-5-15-13(11-20)6-10-22-15)14-4-8-19(12-14)16-3-1-2-7-18-16/h1-3,6-7,10,14H,4-5,8-9,11-12H2. The van der Waals surface area contributed by atoms with Gasteiger partial charge in [-0.1, -0.05) is 6.07 Å². The molecule has 2 aliphatic heterocycles. The number of fused-ring (bicyclic) bond motifs is 1. The Kier molecular flexibility index (Phi) is 3.58. The van der Waals surface area contributed by atoms with E-state index in [4.69, 9.17) is 0 Å². The molecule has 2 aromatic heterocycles. The van der Waals surface area contributed by atoms with E-state index < -0.39 is 0 Å². The SMILES string of the molecule is O=C(C1CCN(c2ccccn2)C1)N1CCc2sccc2C1. The maximum absolute atomic E-state index is 12.8. The van der Waals surface area contributed by atoms with Crippen molar-refractivity contribution in [2.24, 2.45) is 5.92 Å². The van der Waals surface area contributed by atoms with E-state index in [-0.39, 0.29) is 5.92 Å². The van der Waals surface area contributed by atoms with E-state index in [0.29, 0.717) is 5.91 Å². The number of aromatic nitrogens is 1. The lowest BCUT2D eigenvalue weighted by Crippen LogP contribution is -2.40. The zero-order chi connectivity index (χ0) is 14.9. The summed E-state index contributed by atoms with van der Waals surface area (Å²) in [6.45, 7) is 3.37. The summed E-state index contributed by atoms with van der Waals surface area (Å²) in [6.07, 6.45) is 3.75. The molecule has 2 aliphatic rings. The highest BCUT2D eigenvalue weighted by Crippen LogP contribution is 2.28. The Morgan fingerprint density at radius 3 is 3.09 bits per heavy atom. The van der Waals surface area contributed by atoms with E-state index in [1.165, 1.54) is 10.4 Å². The fourth-order valence-corrected chi connectivity index (χ4v) is 4.30. The molecule has 4 heterocycles. The minimum absolute atomic E-state index is 0.113. The van der Waals surface area contributed by atoms with Crippen molar-refractivity contribution in [1.82, 2.24) is 9.88 Å². The van der Waals surface area contributed by atoms with Crippen molar-refractivity contribution in [3.63, 3.8) is 0 Å². The van der Waals surface area contributed by atoms with Gasteiger partial charge in [0.05, 0.1) is 5.92 Å². The van der Waals surface area contributed by atoms with Gasteiger partial charge in [0.1, 0.15) is 5.82 Å². The van der Waals surface area contributed by atoms with Gasteiger partial charge in [-0.25, -0.2) is 4.98 Å². The van der Waals surface area contributed by atoms with E-state index >= 15 is 0 Å². The van der Waals surface area contributed by atoms with Crippen LogP contribution in [0.25, 0.3) is 0 Å². The minimum Gasteiger partial charge on any atom is -0.356 e. The fraction of sp³-hybridized carbons (Fsp3) is 0.412. The van der Waals surface area contributed by atoms with E-state index in [2.05, 4.69) is 21.3 Å². The van der Waals surface area contributed by atoms with Crippen LogP contribution >= 0.6 is 11.3 Å². The quantitative estimate of drug-likeness (QED) is 0.855. The predicted octanol–water partition coefficient (Wildman–Crippen LogP) is 2.55. The summed E-state index contributed by atoms with van der Waals surface area (Å²) in [5.41, 5.74) is 1.34. The van der Waals surface area contributed by atoms with Gasteiger partial charge >= 0.3 is 0 Å². The average molecular weight is 313 g/mol. The van der Waals surface area contributed by atoms with Crippen LogP contribution in [-0.2, 0) is 17.8 Å². The third-order valence-electron chi connectivity index (χ3n) is 4.63. The molecule has 4 rings (SSSR count). The highest BCUT2D eigenvalue weighted by molar-refractivity contribution is 7.10. The third kappa shape index (κ3) is 2.50. The van der Waals surface area contributed by atoms with E-state index in [1.807, 2.05) is 40.6 Å². The van der Waals surface area contributed by atoms with Crippen LogP contribution in [0.1, 0.15) is 16.9 Å². The summed E-state index contributed by atoms with van der Waals surface area (Å²) in [7, 11) is 0. The van der Waals surface area contributed by atoms with Gasteiger partial charge in [0.2, 0.25) is 5.91 Å². The Hall–Kier alpha value is -1.88. The smallest absolute Gasteiger partial charge is 0.227 e. The second kappa shape index (κ2) is 5.72. The molecule has 4 nitrogen and oxygen atoms in total. The Morgan fingerprint density at radius 1 is 1.27 bits per heavy atom. The second-order valence-corrected chi connectivity index (χ2v) is 7.00. The predicted molar refractivity (Wildman–Crippen MR) is 88.0 cm³/mol. The van der Waals surface area contributed by atoms with Crippen LogP contribution in [-0.4, -0.2) is 35.4 Å². The molecule has 0 spiro atoms. The van der Waals surface area contributed by atoms with Gasteiger partial charge in [-0.05, 0) is 42.0 Å². The second-order valence-electron chi connectivity index (χ2n) is 6.00. The first-order valence-corrected chi connectivity index (χ1v) is 8.69. The Bertz CT molecular complexity index is 670. The van der Waals surface area contributed by atoms with Gasteiger partial charge in [-0.15, -0.1) is 11.3 Å². The van der Waals surface area contributed by atoms with Crippen LogP contribution in [0, 0.1) is 5.92 Å². The lowest BCUT2D eigenvalue weighted by molar-refractivity contribution is -0.135. The molecule has 114 valence electrons. The number of hydrogen-bond acceptors (Lipinski definition) is 4. The molecule has 0 aliphatic carbocycles. The number of amides is 1. The van der Waals surface area contributed by atoms with Crippen molar-refractivity contribution in [2.45, 2.75) is 19.4 Å². The number of rotatable bonds is 2. The normalized spacial score (nSPS) is 21.0. The van der Waals surface area contributed by atoms with Crippen molar-refractivity contribution in [2.75, 3.05) is 24.5 Å². The first-order chi connectivity index (χ1) is 10.8.